The second-order valence-electron chi connectivity index (χ2n) is 4.72. The molecular formula is C11H17F3N2O. The zero-order valence-electron chi connectivity index (χ0n) is 9.67. The molecule has 0 aromatic rings. The molecule has 0 N–H and O–H groups in total. The number of nitrogens with zero attached hydrogens (tertiary/aromatic N) is 2. The summed E-state index contributed by atoms with van der Waals surface area (Å²) in [4.78, 5) is 14.6. The van der Waals surface area contributed by atoms with Gasteiger partial charge in [0.25, 0.3) is 0 Å². The number of carbonyl (C=O) groups is 1. The number of rotatable bonds is 0. The third kappa shape index (κ3) is 2.66. The number of hydrogen-bond donors (Lipinski definition) is 0. The van der Waals surface area contributed by atoms with Crippen molar-refractivity contribution in [2.24, 2.45) is 0 Å². The van der Waals surface area contributed by atoms with Crippen molar-refractivity contribution in [1.82, 2.24) is 9.80 Å². The van der Waals surface area contributed by atoms with E-state index in [9.17, 15) is 18.0 Å². The van der Waals surface area contributed by atoms with Gasteiger partial charge in [0.2, 0.25) is 0 Å². The summed E-state index contributed by atoms with van der Waals surface area (Å²) in [6, 6.07) is -2.00. The second-order valence-corrected chi connectivity index (χ2v) is 4.72. The summed E-state index contributed by atoms with van der Waals surface area (Å²) in [5.41, 5.74) is 0. The summed E-state index contributed by atoms with van der Waals surface area (Å²) >= 11 is 0. The Balaban J connectivity index is 2.02. The largest absolute Gasteiger partial charge is 0.408 e. The molecule has 0 radical (unpaired) electrons. The average Bonchev–Trinajstić information content (AvgIpc) is 2.78. The minimum absolute atomic E-state index is 0.0447. The Labute approximate surface area is 98.6 Å². The number of urea groups is 1. The monoisotopic (exact) mass is 250 g/mol. The van der Waals surface area contributed by atoms with Crippen LogP contribution in [-0.4, -0.2) is 47.7 Å². The molecule has 98 valence electrons. The van der Waals surface area contributed by atoms with Gasteiger partial charge < -0.3 is 9.80 Å². The van der Waals surface area contributed by atoms with Gasteiger partial charge in [0.05, 0.1) is 0 Å². The summed E-state index contributed by atoms with van der Waals surface area (Å²) in [5.74, 6) is 0. The van der Waals surface area contributed by atoms with Gasteiger partial charge in [-0.2, -0.15) is 13.2 Å². The second kappa shape index (κ2) is 4.74. The molecule has 2 aliphatic rings. The molecule has 0 aromatic heterocycles. The van der Waals surface area contributed by atoms with Gasteiger partial charge in [-0.3, -0.25) is 0 Å². The standard InChI is InChI=1S/C11H17F3N2O/c12-11(13,14)9-5-4-8-16(9)10(17)15-6-2-1-3-7-15/h9H,1-8H2. The van der Waals surface area contributed by atoms with E-state index in [0.29, 0.717) is 19.5 Å². The molecule has 2 saturated heterocycles. The fraction of sp³-hybridized carbons (Fsp3) is 0.909. The van der Waals surface area contributed by atoms with Gasteiger partial charge in [-0.25, -0.2) is 4.79 Å². The molecule has 2 heterocycles. The minimum Gasteiger partial charge on any atom is -0.325 e. The molecular weight excluding hydrogens is 233 g/mol. The third-order valence-electron chi connectivity index (χ3n) is 3.50. The van der Waals surface area contributed by atoms with E-state index in [4.69, 9.17) is 0 Å². The summed E-state index contributed by atoms with van der Waals surface area (Å²) < 4.78 is 38.2. The van der Waals surface area contributed by atoms with Gasteiger partial charge in [-0.05, 0) is 32.1 Å². The molecule has 2 aliphatic heterocycles. The lowest BCUT2D eigenvalue weighted by Gasteiger charge is -2.34. The zero-order chi connectivity index (χ0) is 12.5. The van der Waals surface area contributed by atoms with Crippen LogP contribution in [0.5, 0.6) is 0 Å². The summed E-state index contributed by atoms with van der Waals surface area (Å²) in [6.45, 7) is 1.43. The van der Waals surface area contributed by atoms with Crippen LogP contribution >= 0.6 is 0 Å². The Morgan fingerprint density at radius 2 is 1.65 bits per heavy atom. The van der Waals surface area contributed by atoms with Crippen LogP contribution < -0.4 is 0 Å². The van der Waals surface area contributed by atoms with Crippen molar-refractivity contribution < 1.29 is 18.0 Å². The summed E-state index contributed by atoms with van der Waals surface area (Å²) in [6.07, 6.45) is -0.937. The van der Waals surface area contributed by atoms with Crippen LogP contribution in [0.4, 0.5) is 18.0 Å². The van der Waals surface area contributed by atoms with E-state index in [2.05, 4.69) is 0 Å². The maximum atomic E-state index is 12.7. The fourth-order valence-electron chi connectivity index (χ4n) is 2.60. The molecule has 0 bridgehead atoms. The maximum absolute atomic E-state index is 12.7. The normalized spacial score (nSPS) is 26.4. The predicted molar refractivity (Wildman–Crippen MR) is 56.6 cm³/mol. The molecule has 0 aliphatic carbocycles. The van der Waals surface area contributed by atoms with Crippen LogP contribution in [0.2, 0.25) is 0 Å². The minimum atomic E-state index is -4.29. The van der Waals surface area contributed by atoms with Gasteiger partial charge in [0, 0.05) is 19.6 Å². The molecule has 2 amide bonds. The highest BCUT2D eigenvalue weighted by atomic mass is 19.4. The smallest absolute Gasteiger partial charge is 0.325 e. The Bertz CT molecular complexity index is 287. The number of carbonyl (C=O) groups excluding carboxylic acids is 1. The van der Waals surface area contributed by atoms with E-state index in [1.165, 1.54) is 0 Å². The van der Waals surface area contributed by atoms with Crippen molar-refractivity contribution in [2.75, 3.05) is 19.6 Å². The molecule has 6 heteroatoms. The molecule has 0 aromatic carbocycles. The van der Waals surface area contributed by atoms with E-state index in [0.717, 1.165) is 24.2 Å². The Kier molecular flexibility index (Phi) is 3.49. The first-order chi connectivity index (χ1) is 8.00. The molecule has 1 unspecified atom stereocenters. The van der Waals surface area contributed by atoms with Crippen molar-refractivity contribution >= 4 is 6.03 Å². The molecule has 3 nitrogen and oxygen atoms in total. The predicted octanol–water partition coefficient (Wildman–Crippen LogP) is 2.62. The highest BCUT2D eigenvalue weighted by molar-refractivity contribution is 5.75. The van der Waals surface area contributed by atoms with E-state index in [1.54, 1.807) is 4.90 Å². The van der Waals surface area contributed by atoms with Gasteiger partial charge in [0.15, 0.2) is 0 Å². The molecule has 2 fully saturated rings. The zero-order valence-corrected chi connectivity index (χ0v) is 9.67. The van der Waals surface area contributed by atoms with Crippen molar-refractivity contribution in [2.45, 2.75) is 44.3 Å². The van der Waals surface area contributed by atoms with Crippen LogP contribution in [0.25, 0.3) is 0 Å². The number of alkyl halides is 3. The quantitative estimate of drug-likeness (QED) is 0.648. The highest BCUT2D eigenvalue weighted by Crippen LogP contribution is 2.33. The number of hydrogen-bond acceptors (Lipinski definition) is 1. The molecule has 0 saturated carbocycles. The number of piperidine rings is 1. The van der Waals surface area contributed by atoms with Crippen molar-refractivity contribution in [3.63, 3.8) is 0 Å². The van der Waals surface area contributed by atoms with Crippen LogP contribution in [0.15, 0.2) is 0 Å². The van der Waals surface area contributed by atoms with Crippen molar-refractivity contribution in [3.05, 3.63) is 0 Å². The molecule has 1 atom stereocenters. The van der Waals surface area contributed by atoms with Gasteiger partial charge in [-0.15, -0.1) is 0 Å². The van der Waals surface area contributed by atoms with Crippen LogP contribution in [0.1, 0.15) is 32.1 Å². The first kappa shape index (κ1) is 12.5. The Morgan fingerprint density at radius 3 is 2.24 bits per heavy atom. The lowest BCUT2D eigenvalue weighted by atomic mass is 10.1. The lowest BCUT2D eigenvalue weighted by Crippen LogP contribution is -2.51. The fourth-order valence-corrected chi connectivity index (χ4v) is 2.60. The Hall–Kier alpha value is -0.940. The Morgan fingerprint density at radius 1 is 1.00 bits per heavy atom. The van der Waals surface area contributed by atoms with Gasteiger partial charge >= 0.3 is 12.2 Å². The number of halogens is 3. The van der Waals surface area contributed by atoms with Gasteiger partial charge in [-0.1, -0.05) is 0 Å². The highest BCUT2D eigenvalue weighted by Gasteiger charge is 2.48. The lowest BCUT2D eigenvalue weighted by molar-refractivity contribution is -0.170. The maximum Gasteiger partial charge on any atom is 0.408 e. The molecule has 2 rings (SSSR count). The summed E-state index contributed by atoms with van der Waals surface area (Å²) in [5, 5.41) is 0. The van der Waals surface area contributed by atoms with Crippen LogP contribution in [-0.2, 0) is 0 Å². The first-order valence-electron chi connectivity index (χ1n) is 6.12. The van der Waals surface area contributed by atoms with Crippen LogP contribution in [0.3, 0.4) is 0 Å². The average molecular weight is 250 g/mol. The van der Waals surface area contributed by atoms with Crippen molar-refractivity contribution in [1.29, 1.82) is 0 Å². The molecule has 17 heavy (non-hydrogen) atoms. The first-order valence-corrected chi connectivity index (χ1v) is 6.12. The third-order valence-corrected chi connectivity index (χ3v) is 3.50. The van der Waals surface area contributed by atoms with E-state index in [1.807, 2.05) is 0 Å². The number of likely N-dealkylation sites (tertiary alicyclic amines) is 2. The van der Waals surface area contributed by atoms with Gasteiger partial charge in [0.1, 0.15) is 6.04 Å². The topological polar surface area (TPSA) is 23.6 Å². The van der Waals surface area contributed by atoms with E-state index in [-0.39, 0.29) is 13.0 Å². The SMILES string of the molecule is O=C(N1CCCCC1)N1CCCC1C(F)(F)F. The van der Waals surface area contributed by atoms with E-state index >= 15 is 0 Å². The van der Waals surface area contributed by atoms with Crippen LogP contribution in [0, 0.1) is 0 Å². The van der Waals surface area contributed by atoms with Crippen molar-refractivity contribution in [3.8, 4) is 0 Å². The molecule has 0 spiro atoms. The summed E-state index contributed by atoms with van der Waals surface area (Å²) in [7, 11) is 0. The number of amides is 2. The van der Waals surface area contributed by atoms with E-state index < -0.39 is 18.2 Å².